The highest BCUT2D eigenvalue weighted by Gasteiger charge is 2.21. The van der Waals surface area contributed by atoms with Gasteiger partial charge in [-0.2, -0.15) is 0 Å². The van der Waals surface area contributed by atoms with Gasteiger partial charge >= 0.3 is 0 Å². The van der Waals surface area contributed by atoms with Gasteiger partial charge in [0.1, 0.15) is 5.82 Å². The molecule has 1 rings (SSSR count). The summed E-state index contributed by atoms with van der Waals surface area (Å²) in [6.45, 7) is 3.38. The van der Waals surface area contributed by atoms with Gasteiger partial charge in [0.15, 0.2) is 0 Å². The van der Waals surface area contributed by atoms with E-state index < -0.39 is 25.7 Å². The first-order valence-corrected chi connectivity index (χ1v) is 8.02. The van der Waals surface area contributed by atoms with E-state index in [0.717, 1.165) is 12.1 Å². The average Bonchev–Trinajstić information content (AvgIpc) is 2.30. The molecule has 0 bridgehead atoms. The van der Waals surface area contributed by atoms with Gasteiger partial charge in [0.2, 0.25) is 0 Å². The number of rotatable bonds is 5. The van der Waals surface area contributed by atoms with Crippen LogP contribution in [0, 0.1) is 12.7 Å². The molecule has 0 aromatic heterocycles. The lowest BCUT2D eigenvalue weighted by Crippen LogP contribution is -2.36. The molecule has 0 saturated heterocycles. The highest BCUT2D eigenvalue weighted by atomic mass is 35.7. The van der Waals surface area contributed by atoms with E-state index in [-0.39, 0.29) is 23.8 Å². The molecule has 112 valence electrons. The van der Waals surface area contributed by atoms with Crippen molar-refractivity contribution in [1.82, 2.24) is 5.32 Å². The Bertz CT molecular complexity index is 618. The molecule has 1 unspecified atom stereocenters. The van der Waals surface area contributed by atoms with E-state index in [9.17, 15) is 17.6 Å². The molecule has 1 amide bonds. The Kier molecular flexibility index (Phi) is 5.50. The maximum absolute atomic E-state index is 13.5. The summed E-state index contributed by atoms with van der Waals surface area (Å²) in [6, 6.07) is 1.45. The predicted octanol–water partition coefficient (Wildman–Crippen LogP) is 1.83. The monoisotopic (exact) mass is 323 g/mol. The van der Waals surface area contributed by atoms with Gasteiger partial charge in [-0.15, -0.1) is 0 Å². The van der Waals surface area contributed by atoms with E-state index >= 15 is 0 Å². The van der Waals surface area contributed by atoms with Crippen LogP contribution in [0.2, 0.25) is 0 Å². The first kappa shape index (κ1) is 16.9. The van der Waals surface area contributed by atoms with Crippen molar-refractivity contribution in [3.8, 4) is 0 Å². The fourth-order valence-corrected chi connectivity index (χ4v) is 2.95. The number of amides is 1. The number of ether oxygens (including phenoxy) is 1. The number of halogens is 2. The van der Waals surface area contributed by atoms with Gasteiger partial charge in [0.05, 0.1) is 11.5 Å². The highest BCUT2D eigenvalue weighted by Crippen LogP contribution is 2.24. The minimum Gasteiger partial charge on any atom is -0.383 e. The van der Waals surface area contributed by atoms with Gasteiger partial charge in [-0.05, 0) is 31.5 Å². The van der Waals surface area contributed by atoms with Crippen LogP contribution in [0.5, 0.6) is 0 Å². The van der Waals surface area contributed by atoms with Crippen molar-refractivity contribution in [2.75, 3.05) is 13.7 Å². The number of carbonyl (C=O) groups is 1. The maximum atomic E-state index is 13.5. The predicted molar refractivity (Wildman–Crippen MR) is 73.0 cm³/mol. The lowest BCUT2D eigenvalue weighted by atomic mass is 10.1. The molecule has 0 saturated carbocycles. The molecule has 1 N–H and O–H groups in total. The van der Waals surface area contributed by atoms with Gasteiger partial charge in [0.25, 0.3) is 15.0 Å². The molecule has 0 aliphatic heterocycles. The lowest BCUT2D eigenvalue weighted by Gasteiger charge is -2.15. The van der Waals surface area contributed by atoms with Crippen LogP contribution in [0.4, 0.5) is 4.39 Å². The highest BCUT2D eigenvalue weighted by molar-refractivity contribution is 8.13. The molecule has 0 fully saturated rings. The zero-order chi connectivity index (χ0) is 15.5. The molecular formula is C12H15ClFNO4S. The molecule has 1 aromatic rings. The first-order valence-electron chi connectivity index (χ1n) is 5.71. The van der Waals surface area contributed by atoms with Crippen molar-refractivity contribution in [1.29, 1.82) is 0 Å². The van der Waals surface area contributed by atoms with Crippen LogP contribution in [0.25, 0.3) is 0 Å². The van der Waals surface area contributed by atoms with Crippen LogP contribution in [0.3, 0.4) is 0 Å². The Balaban J connectivity index is 3.19. The minimum atomic E-state index is -4.12. The summed E-state index contributed by atoms with van der Waals surface area (Å²) >= 11 is 0. The fourth-order valence-electron chi connectivity index (χ4n) is 1.74. The number of hydrogen-bond acceptors (Lipinski definition) is 4. The second kappa shape index (κ2) is 6.51. The van der Waals surface area contributed by atoms with Gasteiger partial charge < -0.3 is 10.1 Å². The van der Waals surface area contributed by atoms with Gasteiger partial charge in [-0.3, -0.25) is 4.79 Å². The van der Waals surface area contributed by atoms with E-state index in [0.29, 0.717) is 0 Å². The molecule has 0 heterocycles. The van der Waals surface area contributed by atoms with E-state index in [1.807, 2.05) is 0 Å². The number of hydrogen-bond donors (Lipinski definition) is 1. The summed E-state index contributed by atoms with van der Waals surface area (Å²) in [5, 5.41) is 2.58. The fraction of sp³-hybridized carbons (Fsp3) is 0.417. The van der Waals surface area contributed by atoms with Gasteiger partial charge in [-0.25, -0.2) is 12.8 Å². The van der Waals surface area contributed by atoms with Crippen molar-refractivity contribution in [2.45, 2.75) is 24.8 Å². The van der Waals surface area contributed by atoms with E-state index in [1.165, 1.54) is 14.0 Å². The number of carbonyl (C=O) groups excluding carboxylic acids is 1. The van der Waals surface area contributed by atoms with Crippen molar-refractivity contribution in [3.05, 3.63) is 29.1 Å². The molecule has 0 spiro atoms. The van der Waals surface area contributed by atoms with Crippen LogP contribution in [-0.4, -0.2) is 34.1 Å². The van der Waals surface area contributed by atoms with Crippen molar-refractivity contribution < 1.29 is 22.3 Å². The average molecular weight is 324 g/mol. The van der Waals surface area contributed by atoms with E-state index in [4.69, 9.17) is 15.4 Å². The maximum Gasteiger partial charge on any atom is 0.261 e. The number of methoxy groups -OCH3 is 1. The quantitative estimate of drug-likeness (QED) is 0.839. The Hall–Kier alpha value is -1.18. The standard InChI is InChI=1S/C12H15ClFNO4S/c1-7(6-19-3)15-12(16)10-4-9(14)5-11(8(10)2)20(13,17)18/h4-5,7H,6H2,1-3H3,(H,15,16). The summed E-state index contributed by atoms with van der Waals surface area (Å²) in [5.74, 6) is -1.44. The third-order valence-electron chi connectivity index (χ3n) is 2.63. The zero-order valence-electron chi connectivity index (χ0n) is 11.2. The molecule has 5 nitrogen and oxygen atoms in total. The number of nitrogens with one attached hydrogen (secondary N) is 1. The molecule has 8 heteroatoms. The van der Waals surface area contributed by atoms with Crippen molar-refractivity contribution in [2.24, 2.45) is 0 Å². The molecule has 0 radical (unpaired) electrons. The molecule has 1 aromatic carbocycles. The summed E-state index contributed by atoms with van der Waals surface area (Å²) < 4.78 is 41.0. The van der Waals surface area contributed by atoms with Gasteiger partial charge in [0, 0.05) is 29.4 Å². The molecule has 1 atom stereocenters. The molecule has 0 aliphatic carbocycles. The second-order valence-electron chi connectivity index (χ2n) is 4.34. The van der Waals surface area contributed by atoms with Crippen LogP contribution < -0.4 is 5.32 Å². The van der Waals surface area contributed by atoms with Crippen LogP contribution in [0.15, 0.2) is 17.0 Å². The topological polar surface area (TPSA) is 72.5 Å². The summed E-state index contributed by atoms with van der Waals surface area (Å²) in [7, 11) is 2.58. The largest absolute Gasteiger partial charge is 0.383 e. The van der Waals surface area contributed by atoms with Crippen molar-refractivity contribution in [3.63, 3.8) is 0 Å². The summed E-state index contributed by atoms with van der Waals surface area (Å²) in [4.78, 5) is 11.6. The smallest absolute Gasteiger partial charge is 0.261 e. The Labute approximate surface area is 121 Å². The molecular weight excluding hydrogens is 309 g/mol. The summed E-state index contributed by atoms with van der Waals surface area (Å²) in [5.41, 5.74) is 0.0238. The van der Waals surface area contributed by atoms with Crippen LogP contribution in [-0.2, 0) is 13.8 Å². The second-order valence-corrected chi connectivity index (χ2v) is 6.88. The van der Waals surface area contributed by atoms with Crippen LogP contribution in [0.1, 0.15) is 22.8 Å². The van der Waals surface area contributed by atoms with Gasteiger partial charge in [-0.1, -0.05) is 0 Å². The summed E-state index contributed by atoms with van der Waals surface area (Å²) in [6.07, 6.45) is 0. The van der Waals surface area contributed by atoms with E-state index in [2.05, 4.69) is 5.32 Å². The minimum absolute atomic E-state index is 0.0767. The molecule has 20 heavy (non-hydrogen) atoms. The number of benzene rings is 1. The van der Waals surface area contributed by atoms with Crippen LogP contribution >= 0.6 is 10.7 Å². The van der Waals surface area contributed by atoms with Crippen molar-refractivity contribution >= 4 is 25.6 Å². The SMILES string of the molecule is COCC(C)NC(=O)c1cc(F)cc(S(=O)(=O)Cl)c1C. The zero-order valence-corrected chi connectivity index (χ0v) is 12.8. The Morgan fingerprint density at radius 2 is 2.10 bits per heavy atom. The Morgan fingerprint density at radius 3 is 2.60 bits per heavy atom. The lowest BCUT2D eigenvalue weighted by molar-refractivity contribution is 0.0904. The van der Waals surface area contributed by atoms with E-state index in [1.54, 1.807) is 6.92 Å². The Morgan fingerprint density at radius 1 is 1.50 bits per heavy atom. The first-order chi connectivity index (χ1) is 9.16. The third-order valence-corrected chi connectivity index (χ3v) is 4.07. The normalized spacial score (nSPS) is 13.1. The third kappa shape index (κ3) is 4.16. The molecule has 0 aliphatic rings.